The molecule has 2 nitrogen and oxygen atoms in total. The van der Waals surface area contributed by atoms with E-state index in [-0.39, 0.29) is 5.97 Å². The molecule has 2 aromatic rings. The molecule has 0 bridgehead atoms. The molecule has 0 unspecified atom stereocenters. The molecule has 0 saturated carbocycles. The van der Waals surface area contributed by atoms with Gasteiger partial charge in [0, 0.05) is 6.42 Å². The highest BCUT2D eigenvalue weighted by atomic mass is 16.5. The topological polar surface area (TPSA) is 26.3 Å². The lowest BCUT2D eigenvalue weighted by Crippen LogP contribution is -2.02. The molecule has 0 aromatic heterocycles. The van der Waals surface area contributed by atoms with Gasteiger partial charge in [0.2, 0.25) is 0 Å². The Morgan fingerprint density at radius 3 is 2.33 bits per heavy atom. The Kier molecular flexibility index (Phi) is 7.82. The van der Waals surface area contributed by atoms with Crippen LogP contribution in [0.2, 0.25) is 0 Å². The fourth-order valence-electron chi connectivity index (χ4n) is 2.58. The number of ether oxygens (including phenoxy) is 1. The van der Waals surface area contributed by atoms with Crippen LogP contribution in [0.4, 0.5) is 0 Å². The first-order valence-electron chi connectivity index (χ1n) is 8.77. The van der Waals surface area contributed by atoms with Crippen molar-refractivity contribution in [1.29, 1.82) is 0 Å². The Morgan fingerprint density at radius 1 is 0.917 bits per heavy atom. The second-order valence-electron chi connectivity index (χ2n) is 5.79. The smallest absolute Gasteiger partial charge is 0.305 e. The maximum atomic E-state index is 11.2. The minimum absolute atomic E-state index is 0.0773. The number of rotatable bonds is 9. The molecule has 0 aliphatic carbocycles. The van der Waals surface area contributed by atoms with Crippen LogP contribution in [0.15, 0.2) is 60.7 Å². The Morgan fingerprint density at radius 2 is 1.62 bits per heavy atom. The number of hydrogen-bond donors (Lipinski definition) is 0. The monoisotopic (exact) mass is 322 g/mol. The van der Waals surface area contributed by atoms with Crippen molar-refractivity contribution in [3.05, 3.63) is 66.2 Å². The Hall–Kier alpha value is -2.35. The van der Waals surface area contributed by atoms with Gasteiger partial charge in [0.15, 0.2) is 0 Å². The summed E-state index contributed by atoms with van der Waals surface area (Å²) in [4.78, 5) is 11.2. The van der Waals surface area contributed by atoms with Crippen LogP contribution in [-0.2, 0) is 9.53 Å². The minimum atomic E-state index is -0.0773. The van der Waals surface area contributed by atoms with E-state index in [1.165, 1.54) is 16.7 Å². The summed E-state index contributed by atoms with van der Waals surface area (Å²) < 4.78 is 4.92. The van der Waals surface area contributed by atoms with Gasteiger partial charge in [0.1, 0.15) is 0 Å². The molecule has 0 heterocycles. The predicted octanol–water partition coefficient (Wildman–Crippen LogP) is 5.88. The first kappa shape index (κ1) is 18.0. The molecule has 126 valence electrons. The molecule has 0 spiro atoms. The number of hydrogen-bond acceptors (Lipinski definition) is 2. The fraction of sp³-hybridized carbons (Fsp3) is 0.318. The van der Waals surface area contributed by atoms with Crippen molar-refractivity contribution < 1.29 is 9.53 Å². The number of esters is 1. The Bertz CT molecular complexity index is 627. The van der Waals surface area contributed by atoms with E-state index in [1.807, 2.05) is 13.0 Å². The van der Waals surface area contributed by atoms with Crippen LogP contribution in [0.3, 0.4) is 0 Å². The molecule has 24 heavy (non-hydrogen) atoms. The van der Waals surface area contributed by atoms with Crippen LogP contribution in [0.1, 0.15) is 44.6 Å². The zero-order chi connectivity index (χ0) is 17.0. The third kappa shape index (κ3) is 6.41. The molecule has 2 aromatic carbocycles. The average molecular weight is 322 g/mol. The van der Waals surface area contributed by atoms with Gasteiger partial charge in [-0.1, -0.05) is 73.2 Å². The van der Waals surface area contributed by atoms with E-state index in [0.717, 1.165) is 25.7 Å². The lowest BCUT2D eigenvalue weighted by atomic mass is 10.0. The van der Waals surface area contributed by atoms with Gasteiger partial charge in [-0.05, 0) is 42.9 Å². The molecular weight excluding hydrogens is 296 g/mol. The largest absolute Gasteiger partial charge is 0.466 e. The van der Waals surface area contributed by atoms with Crippen molar-refractivity contribution in [3.63, 3.8) is 0 Å². The van der Waals surface area contributed by atoms with E-state index in [2.05, 4.69) is 60.7 Å². The van der Waals surface area contributed by atoms with E-state index < -0.39 is 0 Å². The Labute approximate surface area is 145 Å². The van der Waals surface area contributed by atoms with E-state index in [4.69, 9.17) is 4.74 Å². The number of carbonyl (C=O) groups is 1. The van der Waals surface area contributed by atoms with Crippen molar-refractivity contribution >= 4 is 12.0 Å². The van der Waals surface area contributed by atoms with Gasteiger partial charge in [0.05, 0.1) is 6.61 Å². The van der Waals surface area contributed by atoms with Crippen molar-refractivity contribution in [2.45, 2.75) is 39.0 Å². The molecule has 0 aliphatic heterocycles. The average Bonchev–Trinajstić information content (AvgIpc) is 2.62. The number of unbranched alkanes of at least 4 members (excludes halogenated alkanes) is 3. The summed E-state index contributed by atoms with van der Waals surface area (Å²) in [6.45, 7) is 2.32. The first-order chi connectivity index (χ1) is 11.8. The van der Waals surface area contributed by atoms with E-state index in [0.29, 0.717) is 13.0 Å². The highest BCUT2D eigenvalue weighted by molar-refractivity contribution is 5.69. The molecule has 2 rings (SSSR count). The van der Waals surface area contributed by atoms with Crippen LogP contribution >= 0.6 is 0 Å². The first-order valence-corrected chi connectivity index (χ1v) is 8.77. The molecule has 0 atom stereocenters. The standard InChI is InChI=1S/C22H26O2/c1-2-24-22(23)14-10-5-3-4-7-11-19-15-17-21(18-16-19)20-12-8-6-9-13-20/h6-9,11-13,15-18H,2-5,10,14H2,1H3/b11-7+. The molecule has 0 amide bonds. The third-order valence-electron chi connectivity index (χ3n) is 3.89. The van der Waals surface area contributed by atoms with Crippen molar-refractivity contribution in [2.24, 2.45) is 0 Å². The van der Waals surface area contributed by atoms with E-state index in [1.54, 1.807) is 0 Å². The summed E-state index contributed by atoms with van der Waals surface area (Å²) in [6.07, 6.45) is 9.05. The minimum Gasteiger partial charge on any atom is -0.466 e. The molecule has 0 saturated heterocycles. The van der Waals surface area contributed by atoms with Crippen LogP contribution in [0, 0.1) is 0 Å². The number of carbonyl (C=O) groups excluding carboxylic acids is 1. The van der Waals surface area contributed by atoms with Gasteiger partial charge < -0.3 is 4.74 Å². The summed E-state index contributed by atoms with van der Waals surface area (Å²) in [5.41, 5.74) is 3.71. The molecule has 0 radical (unpaired) electrons. The van der Waals surface area contributed by atoms with Gasteiger partial charge in [-0.15, -0.1) is 0 Å². The highest BCUT2D eigenvalue weighted by Gasteiger charge is 2.00. The predicted molar refractivity (Wildman–Crippen MR) is 101 cm³/mol. The molecule has 0 N–H and O–H groups in total. The fourth-order valence-corrected chi connectivity index (χ4v) is 2.58. The van der Waals surface area contributed by atoms with Gasteiger partial charge >= 0.3 is 5.97 Å². The zero-order valence-corrected chi connectivity index (χ0v) is 14.4. The normalized spacial score (nSPS) is 10.9. The van der Waals surface area contributed by atoms with Crippen LogP contribution in [0.25, 0.3) is 17.2 Å². The molecule has 2 heteroatoms. The van der Waals surface area contributed by atoms with Crippen molar-refractivity contribution in [2.75, 3.05) is 6.61 Å². The molecular formula is C22H26O2. The lowest BCUT2D eigenvalue weighted by Gasteiger charge is -2.02. The quantitative estimate of drug-likeness (QED) is 0.425. The second-order valence-corrected chi connectivity index (χ2v) is 5.79. The summed E-state index contributed by atoms with van der Waals surface area (Å²) >= 11 is 0. The summed E-state index contributed by atoms with van der Waals surface area (Å²) in [7, 11) is 0. The van der Waals surface area contributed by atoms with Crippen LogP contribution in [-0.4, -0.2) is 12.6 Å². The summed E-state index contributed by atoms with van der Waals surface area (Å²) in [5, 5.41) is 0. The van der Waals surface area contributed by atoms with Gasteiger partial charge in [0.25, 0.3) is 0 Å². The van der Waals surface area contributed by atoms with E-state index >= 15 is 0 Å². The van der Waals surface area contributed by atoms with Gasteiger partial charge in [-0.3, -0.25) is 4.79 Å². The zero-order valence-electron chi connectivity index (χ0n) is 14.4. The maximum absolute atomic E-state index is 11.2. The second kappa shape index (κ2) is 10.4. The molecule has 0 fully saturated rings. The lowest BCUT2D eigenvalue weighted by molar-refractivity contribution is -0.143. The third-order valence-corrected chi connectivity index (χ3v) is 3.89. The Balaban J connectivity index is 1.68. The number of allylic oxidation sites excluding steroid dienone is 1. The SMILES string of the molecule is CCOC(=O)CCCCC/C=C/c1ccc(-c2ccccc2)cc1. The van der Waals surface area contributed by atoms with Gasteiger partial charge in [-0.2, -0.15) is 0 Å². The van der Waals surface area contributed by atoms with Gasteiger partial charge in [-0.25, -0.2) is 0 Å². The van der Waals surface area contributed by atoms with E-state index in [9.17, 15) is 4.79 Å². The van der Waals surface area contributed by atoms with Crippen molar-refractivity contribution in [1.82, 2.24) is 0 Å². The van der Waals surface area contributed by atoms with Crippen LogP contribution in [0.5, 0.6) is 0 Å². The number of benzene rings is 2. The summed E-state index contributed by atoms with van der Waals surface area (Å²) in [6, 6.07) is 19.0. The summed E-state index contributed by atoms with van der Waals surface area (Å²) in [5.74, 6) is -0.0773. The van der Waals surface area contributed by atoms with Crippen molar-refractivity contribution in [3.8, 4) is 11.1 Å². The van der Waals surface area contributed by atoms with Crippen LogP contribution < -0.4 is 0 Å². The maximum Gasteiger partial charge on any atom is 0.305 e. The highest BCUT2D eigenvalue weighted by Crippen LogP contribution is 2.19. The molecule has 0 aliphatic rings.